The van der Waals surface area contributed by atoms with E-state index in [1.807, 2.05) is 0 Å². The number of anilines is 2. The lowest BCUT2D eigenvalue weighted by Crippen LogP contribution is -2.43. The molecule has 3 N–H and O–H groups in total. The van der Waals surface area contributed by atoms with Crippen LogP contribution in [-0.4, -0.2) is 49.6 Å². The Morgan fingerprint density at radius 2 is 2.10 bits per heavy atom. The monoisotopic (exact) mass is 525 g/mol. The van der Waals surface area contributed by atoms with Crippen LogP contribution in [0.5, 0.6) is 0 Å². The smallest absolute Gasteiger partial charge is 0.337 e. The van der Waals surface area contributed by atoms with E-state index in [1.54, 1.807) is 30.3 Å². The van der Waals surface area contributed by atoms with E-state index in [0.29, 0.717) is 26.9 Å². The minimum atomic E-state index is -3.97. The number of pyridine rings is 1. The number of halogens is 2. The van der Waals surface area contributed by atoms with Gasteiger partial charge in [-0.2, -0.15) is 0 Å². The third-order valence-corrected chi connectivity index (χ3v) is 7.46. The van der Waals surface area contributed by atoms with Crippen molar-refractivity contribution >= 4 is 65.6 Å². The largest absolute Gasteiger partial charge is 0.478 e. The second kappa shape index (κ2) is 8.71. The number of aromatic carboxylic acids is 1. The molecule has 11 heteroatoms. The highest BCUT2D eigenvalue weighted by atomic mass is 79.9. The SMILES string of the molecule is O=C(O)c1ccc(Br)cc1Nc1c(S(=O)(=O)C2CNCCO2)cnc2ccc(Cl)cc12. The lowest BCUT2D eigenvalue weighted by molar-refractivity contribution is 0.0698. The highest BCUT2D eigenvalue weighted by Crippen LogP contribution is 2.37. The van der Waals surface area contributed by atoms with Crippen LogP contribution in [0.2, 0.25) is 5.02 Å². The number of hydrogen-bond acceptors (Lipinski definition) is 7. The number of morpholine rings is 1. The maximum atomic E-state index is 13.4. The first-order chi connectivity index (χ1) is 14.8. The zero-order valence-electron chi connectivity index (χ0n) is 15.9. The van der Waals surface area contributed by atoms with Gasteiger partial charge in [0.15, 0.2) is 5.44 Å². The minimum Gasteiger partial charge on any atom is -0.478 e. The molecule has 3 aromatic rings. The summed E-state index contributed by atoms with van der Waals surface area (Å²) in [5.41, 5.74) is -0.216. The van der Waals surface area contributed by atoms with Gasteiger partial charge in [-0.25, -0.2) is 13.2 Å². The fraction of sp³-hybridized carbons (Fsp3) is 0.200. The third-order valence-electron chi connectivity index (χ3n) is 4.81. The van der Waals surface area contributed by atoms with E-state index in [2.05, 4.69) is 31.5 Å². The van der Waals surface area contributed by atoms with Crippen molar-refractivity contribution in [2.45, 2.75) is 10.3 Å². The zero-order valence-corrected chi connectivity index (χ0v) is 19.1. The van der Waals surface area contributed by atoms with Gasteiger partial charge in [0.2, 0.25) is 9.84 Å². The average molecular weight is 527 g/mol. The van der Waals surface area contributed by atoms with Crippen molar-refractivity contribution in [3.8, 4) is 0 Å². The zero-order chi connectivity index (χ0) is 22.2. The van der Waals surface area contributed by atoms with Crippen LogP contribution in [-0.2, 0) is 14.6 Å². The van der Waals surface area contributed by atoms with Crippen LogP contribution in [0.3, 0.4) is 0 Å². The van der Waals surface area contributed by atoms with E-state index in [1.165, 1.54) is 12.3 Å². The van der Waals surface area contributed by atoms with E-state index >= 15 is 0 Å². The van der Waals surface area contributed by atoms with Crippen molar-refractivity contribution in [2.24, 2.45) is 0 Å². The number of benzene rings is 2. The van der Waals surface area contributed by atoms with Gasteiger partial charge in [-0.1, -0.05) is 27.5 Å². The quantitative estimate of drug-likeness (QED) is 0.459. The number of sulfone groups is 1. The van der Waals surface area contributed by atoms with Crippen molar-refractivity contribution in [2.75, 3.05) is 25.0 Å². The van der Waals surface area contributed by atoms with Gasteiger partial charge in [0, 0.05) is 34.2 Å². The molecule has 0 aliphatic carbocycles. The molecule has 0 spiro atoms. The Bertz CT molecular complexity index is 1280. The molecule has 0 radical (unpaired) electrons. The van der Waals surface area contributed by atoms with E-state index < -0.39 is 21.2 Å². The molecule has 1 aliphatic rings. The van der Waals surface area contributed by atoms with Crippen LogP contribution in [0.4, 0.5) is 11.4 Å². The Kier molecular flexibility index (Phi) is 6.18. The number of nitrogens with zero attached hydrogens (tertiary/aromatic N) is 1. The molecule has 1 aromatic heterocycles. The van der Waals surface area contributed by atoms with Gasteiger partial charge in [-0.05, 0) is 36.4 Å². The number of nitrogens with one attached hydrogen (secondary N) is 2. The van der Waals surface area contributed by atoms with Gasteiger partial charge in [0.05, 0.1) is 29.1 Å². The number of carboxylic acids is 1. The molecular formula is C20H17BrClN3O5S. The molecule has 1 saturated heterocycles. The van der Waals surface area contributed by atoms with Crippen molar-refractivity contribution in [3.05, 3.63) is 57.7 Å². The molecule has 1 aliphatic heterocycles. The lowest BCUT2D eigenvalue weighted by Gasteiger charge is -2.25. The molecule has 1 unspecified atom stereocenters. The Hall–Kier alpha value is -2.24. The van der Waals surface area contributed by atoms with E-state index in [9.17, 15) is 18.3 Å². The Morgan fingerprint density at radius 1 is 1.29 bits per heavy atom. The molecule has 0 bridgehead atoms. The highest BCUT2D eigenvalue weighted by molar-refractivity contribution is 9.10. The number of carboxylic acid groups (broad SMARTS) is 1. The summed E-state index contributed by atoms with van der Waals surface area (Å²) in [7, 11) is -3.97. The summed E-state index contributed by atoms with van der Waals surface area (Å²) in [5, 5.41) is 16.4. The van der Waals surface area contributed by atoms with Gasteiger partial charge < -0.3 is 20.5 Å². The van der Waals surface area contributed by atoms with Crippen molar-refractivity contribution in [3.63, 3.8) is 0 Å². The topological polar surface area (TPSA) is 118 Å². The average Bonchev–Trinajstić information content (AvgIpc) is 2.74. The van der Waals surface area contributed by atoms with Crippen LogP contribution < -0.4 is 10.6 Å². The summed E-state index contributed by atoms with van der Waals surface area (Å²) in [5.74, 6) is -1.16. The molecule has 2 aromatic carbocycles. The standard InChI is InChI=1S/C20H17BrClN3O5S/c21-11-1-3-13(20(26)27)16(7-11)25-19-14-8-12(22)2-4-15(14)24-9-17(19)31(28,29)18-10-23-5-6-30-18/h1-4,7-9,18,23H,5-6,10H2,(H,24,25)(H,26,27). The van der Waals surface area contributed by atoms with Gasteiger partial charge in [-0.3, -0.25) is 4.98 Å². The summed E-state index contributed by atoms with van der Waals surface area (Å²) in [4.78, 5) is 15.9. The third kappa shape index (κ3) is 4.39. The van der Waals surface area contributed by atoms with Crippen molar-refractivity contribution in [1.82, 2.24) is 10.3 Å². The molecule has 0 saturated carbocycles. The second-order valence-electron chi connectivity index (χ2n) is 6.83. The Balaban J connectivity index is 1.94. The van der Waals surface area contributed by atoms with Gasteiger partial charge in [0.1, 0.15) is 4.90 Å². The van der Waals surface area contributed by atoms with Crippen LogP contribution >= 0.6 is 27.5 Å². The van der Waals surface area contributed by atoms with Crippen LogP contribution in [0.1, 0.15) is 10.4 Å². The number of fused-ring (bicyclic) bond motifs is 1. The van der Waals surface area contributed by atoms with E-state index in [0.717, 1.165) is 0 Å². The van der Waals surface area contributed by atoms with Gasteiger partial charge in [-0.15, -0.1) is 0 Å². The highest BCUT2D eigenvalue weighted by Gasteiger charge is 2.33. The molecule has 1 atom stereocenters. The number of hydrogen-bond donors (Lipinski definition) is 3. The van der Waals surface area contributed by atoms with Crippen LogP contribution in [0.15, 0.2) is 52.0 Å². The summed E-state index contributed by atoms with van der Waals surface area (Å²) >= 11 is 9.50. The Morgan fingerprint density at radius 3 is 2.81 bits per heavy atom. The first kappa shape index (κ1) is 22.0. The van der Waals surface area contributed by atoms with Gasteiger partial charge >= 0.3 is 5.97 Å². The van der Waals surface area contributed by atoms with E-state index in [-0.39, 0.29) is 35.0 Å². The molecule has 162 valence electrons. The normalized spacial score (nSPS) is 16.9. The predicted octanol–water partition coefficient (Wildman–Crippen LogP) is 3.81. The first-order valence-electron chi connectivity index (χ1n) is 9.22. The first-order valence-corrected chi connectivity index (χ1v) is 11.9. The van der Waals surface area contributed by atoms with Crippen molar-refractivity contribution < 1.29 is 23.1 Å². The number of ether oxygens (including phenoxy) is 1. The minimum absolute atomic E-state index is 0.0193. The summed E-state index contributed by atoms with van der Waals surface area (Å²) in [6.07, 6.45) is 1.25. The van der Waals surface area contributed by atoms with Crippen LogP contribution in [0, 0.1) is 0 Å². The van der Waals surface area contributed by atoms with Crippen molar-refractivity contribution in [1.29, 1.82) is 0 Å². The molecule has 2 heterocycles. The molecule has 31 heavy (non-hydrogen) atoms. The van der Waals surface area contributed by atoms with Gasteiger partial charge in [0.25, 0.3) is 0 Å². The Labute approximate surface area is 191 Å². The summed E-state index contributed by atoms with van der Waals surface area (Å²) in [6, 6.07) is 9.48. The maximum absolute atomic E-state index is 13.4. The summed E-state index contributed by atoms with van der Waals surface area (Å²) < 4.78 is 32.9. The molecule has 1 fully saturated rings. The maximum Gasteiger partial charge on any atom is 0.337 e. The number of rotatable bonds is 5. The molecule has 8 nitrogen and oxygen atoms in total. The fourth-order valence-corrected chi connectivity index (χ4v) is 5.39. The number of carbonyl (C=O) groups is 1. The fourth-order valence-electron chi connectivity index (χ4n) is 3.31. The molecular weight excluding hydrogens is 510 g/mol. The summed E-state index contributed by atoms with van der Waals surface area (Å²) in [6.45, 7) is 0.948. The second-order valence-corrected chi connectivity index (χ2v) is 10.2. The van der Waals surface area contributed by atoms with E-state index in [4.69, 9.17) is 16.3 Å². The molecule has 0 amide bonds. The molecule has 4 rings (SSSR count). The van der Waals surface area contributed by atoms with Crippen LogP contribution in [0.25, 0.3) is 10.9 Å². The predicted molar refractivity (Wildman–Crippen MR) is 121 cm³/mol. The lowest BCUT2D eigenvalue weighted by atomic mass is 10.1. The number of aromatic nitrogens is 1.